The number of fused-ring (bicyclic) bond motifs is 1. The zero-order valence-corrected chi connectivity index (χ0v) is 14.8. The first-order valence-corrected chi connectivity index (χ1v) is 9.31. The number of H-pyrrole nitrogens is 1. The molecule has 24 heavy (non-hydrogen) atoms. The van der Waals surface area contributed by atoms with Gasteiger partial charge in [-0.05, 0) is 44.9 Å². The number of aromatic nitrogens is 1. The van der Waals surface area contributed by atoms with Crippen molar-refractivity contribution in [2.75, 3.05) is 6.79 Å². The van der Waals surface area contributed by atoms with Gasteiger partial charge in [0.15, 0.2) is 11.5 Å². The maximum atomic E-state index is 12.0. The highest BCUT2D eigenvalue weighted by atomic mass is 32.1. The summed E-state index contributed by atoms with van der Waals surface area (Å²) in [6.07, 6.45) is 3.74. The molecule has 1 saturated heterocycles. The van der Waals surface area contributed by atoms with Crippen LogP contribution in [0, 0.1) is 0 Å². The van der Waals surface area contributed by atoms with Crippen LogP contribution in [0.5, 0.6) is 11.5 Å². The molecule has 6 heteroatoms. The summed E-state index contributed by atoms with van der Waals surface area (Å²) in [6, 6.07) is 6.94. The Bertz CT molecular complexity index is 788. The van der Waals surface area contributed by atoms with Gasteiger partial charge in [0, 0.05) is 29.1 Å². The number of rotatable bonds is 3. The lowest BCUT2D eigenvalue weighted by Gasteiger charge is -2.38. The first kappa shape index (κ1) is 15.7. The topological polar surface area (TPSA) is 54.6 Å². The number of nitrogens with one attached hydrogen (secondary N) is 1. The monoisotopic (exact) mass is 346 g/mol. The van der Waals surface area contributed by atoms with Crippen molar-refractivity contribution in [3.8, 4) is 22.8 Å². The summed E-state index contributed by atoms with van der Waals surface area (Å²) < 4.78 is 10.8. The van der Waals surface area contributed by atoms with Gasteiger partial charge in [-0.2, -0.15) is 0 Å². The Morgan fingerprint density at radius 3 is 2.75 bits per heavy atom. The van der Waals surface area contributed by atoms with Crippen LogP contribution in [0.25, 0.3) is 11.3 Å². The van der Waals surface area contributed by atoms with Crippen LogP contribution in [0.2, 0.25) is 0 Å². The van der Waals surface area contributed by atoms with E-state index in [1.54, 1.807) is 0 Å². The molecule has 0 spiro atoms. The van der Waals surface area contributed by atoms with Crippen LogP contribution in [0.4, 0.5) is 0 Å². The highest BCUT2D eigenvalue weighted by molar-refractivity contribution is 7.09. The number of hydrogen-bond donors (Lipinski definition) is 1. The fourth-order valence-electron chi connectivity index (χ4n) is 3.71. The van der Waals surface area contributed by atoms with Gasteiger partial charge in [-0.15, -0.1) is 0 Å². The molecule has 3 heterocycles. The van der Waals surface area contributed by atoms with Crippen molar-refractivity contribution >= 4 is 11.3 Å². The number of thiazole rings is 1. The Morgan fingerprint density at radius 2 is 1.96 bits per heavy atom. The molecule has 0 bridgehead atoms. The summed E-state index contributed by atoms with van der Waals surface area (Å²) in [5.74, 6) is 1.50. The summed E-state index contributed by atoms with van der Waals surface area (Å²) in [6.45, 7) is 5.64. The van der Waals surface area contributed by atoms with Crippen LogP contribution in [-0.4, -0.2) is 28.8 Å². The van der Waals surface area contributed by atoms with Gasteiger partial charge in [-0.1, -0.05) is 17.8 Å². The third-order valence-corrected chi connectivity index (χ3v) is 5.95. The van der Waals surface area contributed by atoms with E-state index in [0.29, 0.717) is 12.1 Å². The minimum Gasteiger partial charge on any atom is -0.454 e. The van der Waals surface area contributed by atoms with E-state index in [-0.39, 0.29) is 11.7 Å². The maximum Gasteiger partial charge on any atom is 0.305 e. The van der Waals surface area contributed by atoms with E-state index in [9.17, 15) is 4.79 Å². The minimum absolute atomic E-state index is 0.00465. The van der Waals surface area contributed by atoms with Crippen molar-refractivity contribution in [2.24, 2.45) is 0 Å². The smallest absolute Gasteiger partial charge is 0.305 e. The third kappa shape index (κ3) is 2.84. The van der Waals surface area contributed by atoms with Crippen molar-refractivity contribution in [3.63, 3.8) is 0 Å². The van der Waals surface area contributed by atoms with Crippen molar-refractivity contribution in [1.82, 2.24) is 9.88 Å². The molecule has 0 radical (unpaired) electrons. The Labute approximate surface area is 145 Å². The molecule has 128 valence electrons. The predicted molar refractivity (Wildman–Crippen MR) is 94.8 cm³/mol. The molecule has 0 amide bonds. The molecular weight excluding hydrogens is 324 g/mol. The predicted octanol–water partition coefficient (Wildman–Crippen LogP) is 3.60. The molecule has 2 aliphatic rings. The standard InChI is InChI=1S/C18H22N2O3S/c1-11-4-3-5-12(2)20(11)9-16-17(19-18(21)24-16)13-6-7-14-15(8-13)23-10-22-14/h6-8,11-12H,3-5,9-10H2,1-2H3,(H,19,21). The van der Waals surface area contributed by atoms with E-state index < -0.39 is 0 Å². The maximum absolute atomic E-state index is 12.0. The number of nitrogens with zero attached hydrogens (tertiary/aromatic N) is 1. The molecule has 0 saturated carbocycles. The van der Waals surface area contributed by atoms with Gasteiger partial charge in [0.2, 0.25) is 6.79 Å². The highest BCUT2D eigenvalue weighted by Gasteiger charge is 2.26. The first-order chi connectivity index (χ1) is 11.6. The van der Waals surface area contributed by atoms with E-state index >= 15 is 0 Å². The summed E-state index contributed by atoms with van der Waals surface area (Å²) >= 11 is 1.32. The zero-order valence-electron chi connectivity index (χ0n) is 14.0. The number of likely N-dealkylation sites (tertiary alicyclic amines) is 1. The van der Waals surface area contributed by atoms with Crippen LogP contribution in [0.15, 0.2) is 23.0 Å². The SMILES string of the molecule is CC1CCCC(C)N1Cc1sc(=O)[nH]c1-c1ccc2c(c1)OCO2. The van der Waals surface area contributed by atoms with Gasteiger partial charge in [0.25, 0.3) is 0 Å². The molecule has 2 unspecified atom stereocenters. The van der Waals surface area contributed by atoms with Crippen molar-refractivity contribution < 1.29 is 9.47 Å². The second-order valence-corrected chi connectivity index (χ2v) is 7.75. The molecule has 5 nitrogen and oxygen atoms in total. The van der Waals surface area contributed by atoms with Gasteiger partial charge in [-0.3, -0.25) is 9.69 Å². The molecule has 2 aromatic rings. The van der Waals surface area contributed by atoms with Gasteiger partial charge in [-0.25, -0.2) is 0 Å². The number of ether oxygens (including phenoxy) is 2. The summed E-state index contributed by atoms with van der Waals surface area (Å²) in [5, 5.41) is 0. The van der Waals surface area contributed by atoms with Gasteiger partial charge >= 0.3 is 4.87 Å². The molecule has 1 aromatic carbocycles. The first-order valence-electron chi connectivity index (χ1n) is 8.49. The van der Waals surface area contributed by atoms with Crippen LogP contribution in [0.3, 0.4) is 0 Å². The molecule has 1 aromatic heterocycles. The fraction of sp³-hybridized carbons (Fsp3) is 0.500. The summed E-state index contributed by atoms with van der Waals surface area (Å²) in [7, 11) is 0. The molecule has 2 aliphatic heterocycles. The Kier molecular flexibility index (Phi) is 4.10. The number of benzene rings is 1. The van der Waals surface area contributed by atoms with E-state index in [2.05, 4.69) is 23.7 Å². The van der Waals surface area contributed by atoms with E-state index in [4.69, 9.17) is 9.47 Å². The summed E-state index contributed by atoms with van der Waals surface area (Å²) in [4.78, 5) is 18.6. The van der Waals surface area contributed by atoms with Crippen molar-refractivity contribution in [1.29, 1.82) is 0 Å². The van der Waals surface area contributed by atoms with Crippen LogP contribution >= 0.6 is 11.3 Å². The largest absolute Gasteiger partial charge is 0.454 e. The van der Waals surface area contributed by atoms with Crippen LogP contribution < -0.4 is 14.3 Å². The average molecular weight is 346 g/mol. The molecule has 1 fully saturated rings. The van der Waals surface area contributed by atoms with E-state index in [1.165, 1.54) is 30.6 Å². The van der Waals surface area contributed by atoms with E-state index in [0.717, 1.165) is 34.2 Å². The zero-order chi connectivity index (χ0) is 16.7. The lowest BCUT2D eigenvalue weighted by atomic mass is 9.97. The fourth-order valence-corrected chi connectivity index (χ4v) is 4.57. The summed E-state index contributed by atoms with van der Waals surface area (Å²) in [5.41, 5.74) is 1.89. The molecular formula is C18H22N2O3S. The molecule has 1 N–H and O–H groups in total. The van der Waals surface area contributed by atoms with Crippen molar-refractivity contribution in [2.45, 2.75) is 51.7 Å². The minimum atomic E-state index is -0.00465. The lowest BCUT2D eigenvalue weighted by molar-refractivity contribution is 0.0965. The number of aromatic amines is 1. The van der Waals surface area contributed by atoms with E-state index in [1.807, 2.05) is 18.2 Å². The Hall–Kier alpha value is -1.79. The highest BCUT2D eigenvalue weighted by Crippen LogP contribution is 2.37. The Morgan fingerprint density at radius 1 is 1.21 bits per heavy atom. The van der Waals surface area contributed by atoms with Crippen LogP contribution in [-0.2, 0) is 6.54 Å². The second kappa shape index (κ2) is 6.26. The molecule has 0 aliphatic carbocycles. The van der Waals surface area contributed by atoms with Gasteiger partial charge < -0.3 is 14.5 Å². The number of piperidine rings is 1. The lowest BCUT2D eigenvalue weighted by Crippen LogP contribution is -2.42. The van der Waals surface area contributed by atoms with Crippen LogP contribution in [0.1, 0.15) is 38.0 Å². The normalized spacial score (nSPS) is 23.6. The average Bonchev–Trinajstić information content (AvgIpc) is 3.16. The van der Waals surface area contributed by atoms with Gasteiger partial charge in [0.05, 0.1) is 5.69 Å². The second-order valence-electron chi connectivity index (χ2n) is 6.68. The Balaban J connectivity index is 1.67. The van der Waals surface area contributed by atoms with Gasteiger partial charge in [0.1, 0.15) is 0 Å². The molecule has 4 rings (SSSR count). The number of hydrogen-bond acceptors (Lipinski definition) is 5. The third-order valence-electron chi connectivity index (χ3n) is 5.09. The molecule has 2 atom stereocenters. The van der Waals surface area contributed by atoms with Crippen molar-refractivity contribution in [3.05, 3.63) is 32.7 Å². The quantitative estimate of drug-likeness (QED) is 0.923.